The lowest BCUT2D eigenvalue weighted by Gasteiger charge is -2.10. The van der Waals surface area contributed by atoms with Crippen LogP contribution in [0.4, 0.5) is 4.39 Å². The molecule has 3 nitrogen and oxygen atoms in total. The van der Waals surface area contributed by atoms with Gasteiger partial charge in [0.05, 0.1) is 5.69 Å². The van der Waals surface area contributed by atoms with Crippen LogP contribution in [0.1, 0.15) is 18.5 Å². The van der Waals surface area contributed by atoms with Crippen LogP contribution in [0.15, 0.2) is 42.6 Å². The average Bonchev–Trinajstić information content (AvgIpc) is 3.21. The van der Waals surface area contributed by atoms with Crippen LogP contribution in [-0.4, -0.2) is 16.1 Å². The van der Waals surface area contributed by atoms with Crippen molar-refractivity contribution in [2.45, 2.75) is 18.3 Å². The van der Waals surface area contributed by atoms with Crippen molar-refractivity contribution in [2.75, 3.05) is 0 Å². The van der Waals surface area contributed by atoms with Crippen LogP contribution >= 0.6 is 0 Å². The van der Waals surface area contributed by atoms with E-state index in [4.69, 9.17) is 0 Å². The molecule has 0 aliphatic heterocycles. The number of aliphatic carboxylic acids is 1. The van der Waals surface area contributed by atoms with Gasteiger partial charge in [0.1, 0.15) is 11.2 Å². The monoisotopic (exact) mass is 257 g/mol. The van der Waals surface area contributed by atoms with Crippen LogP contribution in [0.25, 0.3) is 11.1 Å². The lowest BCUT2D eigenvalue weighted by atomic mass is 10.00. The summed E-state index contributed by atoms with van der Waals surface area (Å²) in [5, 5.41) is 9.19. The lowest BCUT2D eigenvalue weighted by Crippen LogP contribution is -2.20. The molecule has 0 bridgehead atoms. The Labute approximate surface area is 109 Å². The predicted molar refractivity (Wildman–Crippen MR) is 68.2 cm³/mol. The summed E-state index contributed by atoms with van der Waals surface area (Å²) in [7, 11) is 0. The maximum absolute atomic E-state index is 13.6. The minimum Gasteiger partial charge on any atom is -0.481 e. The van der Waals surface area contributed by atoms with Crippen molar-refractivity contribution in [1.82, 2.24) is 4.98 Å². The first-order chi connectivity index (χ1) is 9.13. The number of hydrogen-bond acceptors (Lipinski definition) is 2. The Morgan fingerprint density at radius 1 is 1.21 bits per heavy atom. The van der Waals surface area contributed by atoms with Gasteiger partial charge in [0, 0.05) is 17.3 Å². The van der Waals surface area contributed by atoms with Gasteiger partial charge in [-0.2, -0.15) is 0 Å². The van der Waals surface area contributed by atoms with Crippen molar-refractivity contribution >= 4 is 5.97 Å². The molecule has 0 atom stereocenters. The third kappa shape index (κ3) is 1.89. The third-order valence-electron chi connectivity index (χ3n) is 3.60. The highest BCUT2D eigenvalue weighted by molar-refractivity contribution is 5.84. The molecule has 2 aromatic rings. The molecule has 1 aliphatic rings. The second-order valence-electron chi connectivity index (χ2n) is 4.80. The van der Waals surface area contributed by atoms with Crippen LogP contribution in [-0.2, 0) is 10.2 Å². The SMILES string of the molecule is O=C(O)C1(c2ccc(-c3ccccc3F)cn2)CC1. The normalized spacial score (nSPS) is 16.1. The zero-order chi connectivity index (χ0) is 13.5. The maximum Gasteiger partial charge on any atom is 0.315 e. The Kier molecular flexibility index (Phi) is 2.59. The van der Waals surface area contributed by atoms with Crippen molar-refractivity contribution in [3.8, 4) is 11.1 Å². The van der Waals surface area contributed by atoms with Crippen molar-refractivity contribution in [2.24, 2.45) is 0 Å². The van der Waals surface area contributed by atoms with Gasteiger partial charge in [0.15, 0.2) is 0 Å². The summed E-state index contributed by atoms with van der Waals surface area (Å²) in [5.41, 5.74) is 0.873. The zero-order valence-electron chi connectivity index (χ0n) is 10.1. The number of pyridine rings is 1. The summed E-state index contributed by atoms with van der Waals surface area (Å²) in [6.07, 6.45) is 2.78. The van der Waals surface area contributed by atoms with E-state index in [-0.39, 0.29) is 5.82 Å². The summed E-state index contributed by atoms with van der Waals surface area (Å²) < 4.78 is 13.6. The number of aromatic nitrogens is 1. The second kappa shape index (κ2) is 4.16. The molecular formula is C15H12FNO2. The van der Waals surface area contributed by atoms with E-state index in [0.717, 1.165) is 0 Å². The molecule has 0 spiro atoms. The topological polar surface area (TPSA) is 50.2 Å². The average molecular weight is 257 g/mol. The highest BCUT2D eigenvalue weighted by Gasteiger charge is 2.53. The van der Waals surface area contributed by atoms with Gasteiger partial charge in [-0.05, 0) is 25.0 Å². The number of rotatable bonds is 3. The molecule has 0 unspecified atom stereocenters. The Morgan fingerprint density at radius 2 is 1.95 bits per heavy atom. The predicted octanol–water partition coefficient (Wildman–Crippen LogP) is 3.00. The van der Waals surface area contributed by atoms with Gasteiger partial charge in [-0.1, -0.05) is 24.3 Å². The highest BCUT2D eigenvalue weighted by atomic mass is 19.1. The summed E-state index contributed by atoms with van der Waals surface area (Å²) in [6.45, 7) is 0. The van der Waals surface area contributed by atoms with Crippen molar-refractivity contribution in [3.63, 3.8) is 0 Å². The van der Waals surface area contributed by atoms with E-state index in [1.54, 1.807) is 30.3 Å². The lowest BCUT2D eigenvalue weighted by molar-refractivity contribution is -0.140. The number of hydrogen-bond donors (Lipinski definition) is 1. The fourth-order valence-electron chi connectivity index (χ4n) is 2.24. The first-order valence-electron chi connectivity index (χ1n) is 6.08. The Morgan fingerprint density at radius 3 is 2.47 bits per heavy atom. The summed E-state index contributed by atoms with van der Waals surface area (Å²) in [5.74, 6) is -1.14. The summed E-state index contributed by atoms with van der Waals surface area (Å²) in [4.78, 5) is 15.4. The first kappa shape index (κ1) is 11.8. The molecule has 1 aliphatic carbocycles. The summed E-state index contributed by atoms with van der Waals surface area (Å²) in [6, 6.07) is 9.86. The van der Waals surface area contributed by atoms with Gasteiger partial charge in [-0.3, -0.25) is 9.78 Å². The van der Waals surface area contributed by atoms with Crippen molar-refractivity contribution < 1.29 is 14.3 Å². The quantitative estimate of drug-likeness (QED) is 0.919. The summed E-state index contributed by atoms with van der Waals surface area (Å²) >= 11 is 0. The molecule has 1 heterocycles. The molecular weight excluding hydrogens is 245 g/mol. The number of carboxylic acids is 1. The van der Waals surface area contributed by atoms with E-state index >= 15 is 0 Å². The van der Waals surface area contributed by atoms with Gasteiger partial charge in [-0.25, -0.2) is 4.39 Å². The molecule has 1 aromatic heterocycles. The molecule has 96 valence electrons. The second-order valence-corrected chi connectivity index (χ2v) is 4.80. The molecule has 4 heteroatoms. The fourth-order valence-corrected chi connectivity index (χ4v) is 2.24. The molecule has 0 radical (unpaired) electrons. The minimum atomic E-state index is -0.835. The molecule has 0 saturated heterocycles. The first-order valence-corrected chi connectivity index (χ1v) is 6.08. The van der Waals surface area contributed by atoms with Crippen molar-refractivity contribution in [3.05, 3.63) is 54.1 Å². The molecule has 1 N–H and O–H groups in total. The molecule has 1 fully saturated rings. The number of carboxylic acid groups (broad SMARTS) is 1. The van der Waals surface area contributed by atoms with Gasteiger partial charge >= 0.3 is 5.97 Å². The van der Waals surface area contributed by atoms with E-state index < -0.39 is 11.4 Å². The van der Waals surface area contributed by atoms with E-state index in [2.05, 4.69) is 4.98 Å². The van der Waals surface area contributed by atoms with Gasteiger partial charge in [0.25, 0.3) is 0 Å². The van der Waals surface area contributed by atoms with Gasteiger partial charge < -0.3 is 5.11 Å². The van der Waals surface area contributed by atoms with Crippen molar-refractivity contribution in [1.29, 1.82) is 0 Å². The number of benzene rings is 1. The van der Waals surface area contributed by atoms with E-state index in [9.17, 15) is 14.3 Å². The molecule has 1 saturated carbocycles. The van der Waals surface area contributed by atoms with Gasteiger partial charge in [0.2, 0.25) is 0 Å². The molecule has 3 rings (SSSR count). The maximum atomic E-state index is 13.6. The number of carbonyl (C=O) groups is 1. The standard InChI is InChI=1S/C15H12FNO2/c16-12-4-2-1-3-11(12)10-5-6-13(17-9-10)15(7-8-15)14(18)19/h1-6,9H,7-8H2,(H,18,19). The largest absolute Gasteiger partial charge is 0.481 e. The Hall–Kier alpha value is -2.23. The van der Waals surface area contributed by atoms with Crippen LogP contribution in [0.2, 0.25) is 0 Å². The molecule has 0 amide bonds. The van der Waals surface area contributed by atoms with Crippen LogP contribution in [0.3, 0.4) is 0 Å². The number of nitrogens with zero attached hydrogens (tertiary/aromatic N) is 1. The third-order valence-corrected chi connectivity index (χ3v) is 3.60. The molecule has 19 heavy (non-hydrogen) atoms. The van der Waals surface area contributed by atoms with E-state index in [1.807, 2.05) is 0 Å². The minimum absolute atomic E-state index is 0.309. The molecule has 1 aromatic carbocycles. The Balaban J connectivity index is 1.96. The van der Waals surface area contributed by atoms with E-state index in [0.29, 0.717) is 29.7 Å². The highest BCUT2D eigenvalue weighted by Crippen LogP contribution is 2.47. The van der Waals surface area contributed by atoms with E-state index in [1.165, 1.54) is 12.3 Å². The fraction of sp³-hybridized carbons (Fsp3) is 0.200. The van der Waals surface area contributed by atoms with Crippen LogP contribution in [0.5, 0.6) is 0 Å². The van der Waals surface area contributed by atoms with Crippen LogP contribution < -0.4 is 0 Å². The van der Waals surface area contributed by atoms with Gasteiger partial charge in [-0.15, -0.1) is 0 Å². The Bertz CT molecular complexity index is 633. The van der Waals surface area contributed by atoms with Crippen LogP contribution in [0, 0.1) is 5.82 Å². The zero-order valence-corrected chi connectivity index (χ0v) is 10.1. The smallest absolute Gasteiger partial charge is 0.315 e. The number of halogens is 1.